The fourth-order valence-corrected chi connectivity index (χ4v) is 2.81. The fraction of sp³-hybridized carbons (Fsp3) is 0.111. The molecular weight excluding hydrogens is 326 g/mol. The van der Waals surface area contributed by atoms with E-state index in [0.29, 0.717) is 23.6 Å². The van der Waals surface area contributed by atoms with Gasteiger partial charge in [0.05, 0.1) is 11.0 Å². The Hall–Kier alpha value is -2.79. The summed E-state index contributed by atoms with van der Waals surface area (Å²) < 4.78 is 5.54. The Morgan fingerprint density at radius 1 is 1.21 bits per heavy atom. The van der Waals surface area contributed by atoms with Crippen LogP contribution in [0.25, 0.3) is 22.0 Å². The molecule has 2 N–H and O–H groups in total. The summed E-state index contributed by atoms with van der Waals surface area (Å²) in [5.41, 5.74) is 2.56. The molecule has 0 atom stereocenters. The number of nitrogens with one attached hydrogen (secondary N) is 2. The highest BCUT2D eigenvalue weighted by molar-refractivity contribution is 6.31. The van der Waals surface area contributed by atoms with E-state index >= 15 is 0 Å². The number of nitrogens with zero attached hydrogens (tertiary/aromatic N) is 1. The number of amides is 1. The maximum Gasteiger partial charge on any atom is 0.287 e. The molecule has 0 unspecified atom stereocenters. The SMILES string of the molecule is O=C(NCCc1nc2ccccc2[nH]1)c1cc2cc(Cl)ccc2o1. The lowest BCUT2D eigenvalue weighted by molar-refractivity contribution is 0.0928. The standard InChI is InChI=1S/C18H14ClN3O2/c19-12-5-6-15-11(9-12)10-16(24-15)18(23)20-8-7-17-21-13-3-1-2-4-14(13)22-17/h1-6,9-10H,7-8H2,(H,20,23)(H,21,22). The zero-order chi connectivity index (χ0) is 16.5. The Bertz CT molecular complexity index is 1000. The molecule has 0 radical (unpaired) electrons. The average Bonchev–Trinajstić information content (AvgIpc) is 3.17. The van der Waals surface area contributed by atoms with Gasteiger partial charge in [-0.1, -0.05) is 23.7 Å². The number of rotatable bonds is 4. The van der Waals surface area contributed by atoms with E-state index in [2.05, 4.69) is 15.3 Å². The largest absolute Gasteiger partial charge is 0.451 e. The van der Waals surface area contributed by atoms with Crippen molar-refractivity contribution in [3.63, 3.8) is 0 Å². The number of halogens is 1. The van der Waals surface area contributed by atoms with Gasteiger partial charge >= 0.3 is 0 Å². The molecule has 4 aromatic rings. The molecule has 5 nitrogen and oxygen atoms in total. The molecule has 24 heavy (non-hydrogen) atoms. The predicted molar refractivity (Wildman–Crippen MR) is 93.4 cm³/mol. The molecule has 0 fully saturated rings. The summed E-state index contributed by atoms with van der Waals surface area (Å²) in [7, 11) is 0. The maximum absolute atomic E-state index is 12.2. The second kappa shape index (κ2) is 6.02. The van der Waals surface area contributed by atoms with Crippen LogP contribution >= 0.6 is 11.6 Å². The van der Waals surface area contributed by atoms with Crippen LogP contribution in [0.1, 0.15) is 16.4 Å². The lowest BCUT2D eigenvalue weighted by Crippen LogP contribution is -2.25. The Labute approximate surface area is 142 Å². The zero-order valence-corrected chi connectivity index (χ0v) is 13.4. The summed E-state index contributed by atoms with van der Waals surface area (Å²) in [6.45, 7) is 0.469. The van der Waals surface area contributed by atoms with Crippen molar-refractivity contribution in [3.05, 3.63) is 65.1 Å². The molecule has 0 aliphatic heterocycles. The Kier molecular flexibility index (Phi) is 3.70. The first kappa shape index (κ1) is 14.8. The molecule has 1 amide bonds. The van der Waals surface area contributed by atoms with Gasteiger partial charge < -0.3 is 14.7 Å². The van der Waals surface area contributed by atoms with Crippen molar-refractivity contribution in [2.75, 3.05) is 6.54 Å². The van der Waals surface area contributed by atoms with Crippen LogP contribution in [-0.4, -0.2) is 22.4 Å². The topological polar surface area (TPSA) is 70.9 Å². The van der Waals surface area contributed by atoms with E-state index in [-0.39, 0.29) is 11.7 Å². The first-order chi connectivity index (χ1) is 11.7. The number of hydrogen-bond donors (Lipinski definition) is 2. The number of aromatic amines is 1. The van der Waals surface area contributed by atoms with Crippen molar-refractivity contribution >= 4 is 39.5 Å². The van der Waals surface area contributed by atoms with Gasteiger partial charge in [-0.05, 0) is 36.4 Å². The van der Waals surface area contributed by atoms with Gasteiger partial charge in [-0.2, -0.15) is 0 Å². The minimum Gasteiger partial charge on any atom is -0.451 e. The van der Waals surface area contributed by atoms with Gasteiger partial charge in [-0.15, -0.1) is 0 Å². The van der Waals surface area contributed by atoms with Crippen LogP contribution in [0.15, 0.2) is 52.9 Å². The fourth-order valence-electron chi connectivity index (χ4n) is 2.63. The van der Waals surface area contributed by atoms with Gasteiger partial charge in [0.15, 0.2) is 5.76 Å². The number of H-pyrrole nitrogens is 1. The van der Waals surface area contributed by atoms with E-state index in [4.69, 9.17) is 16.0 Å². The van der Waals surface area contributed by atoms with Crippen LogP contribution in [0.5, 0.6) is 0 Å². The third kappa shape index (κ3) is 2.86. The monoisotopic (exact) mass is 339 g/mol. The Balaban J connectivity index is 1.41. The summed E-state index contributed by atoms with van der Waals surface area (Å²) in [6, 6.07) is 14.8. The summed E-state index contributed by atoms with van der Waals surface area (Å²) in [6.07, 6.45) is 0.618. The molecule has 0 spiro atoms. The van der Waals surface area contributed by atoms with Crippen LogP contribution in [0.4, 0.5) is 0 Å². The third-order valence-electron chi connectivity index (χ3n) is 3.79. The molecule has 2 heterocycles. The lowest BCUT2D eigenvalue weighted by atomic mass is 10.2. The van der Waals surface area contributed by atoms with Gasteiger partial charge in [0.2, 0.25) is 0 Å². The van der Waals surface area contributed by atoms with Crippen molar-refractivity contribution in [2.45, 2.75) is 6.42 Å². The van der Waals surface area contributed by atoms with E-state index < -0.39 is 0 Å². The molecule has 0 saturated heterocycles. The van der Waals surface area contributed by atoms with Gasteiger partial charge in [0.25, 0.3) is 5.91 Å². The van der Waals surface area contributed by atoms with Crippen LogP contribution in [0.3, 0.4) is 0 Å². The second-order valence-corrected chi connectivity index (χ2v) is 5.94. The first-order valence-electron chi connectivity index (χ1n) is 7.60. The molecule has 0 bridgehead atoms. The minimum atomic E-state index is -0.251. The quantitative estimate of drug-likeness (QED) is 0.591. The summed E-state index contributed by atoms with van der Waals surface area (Å²) in [4.78, 5) is 19.9. The highest BCUT2D eigenvalue weighted by Gasteiger charge is 2.12. The zero-order valence-electron chi connectivity index (χ0n) is 12.7. The van der Waals surface area contributed by atoms with Crippen LogP contribution in [0, 0.1) is 0 Å². The Morgan fingerprint density at radius 3 is 2.96 bits per heavy atom. The van der Waals surface area contributed by atoms with Gasteiger partial charge in [-0.3, -0.25) is 4.79 Å². The van der Waals surface area contributed by atoms with E-state index in [1.807, 2.05) is 24.3 Å². The van der Waals surface area contributed by atoms with E-state index in [1.54, 1.807) is 24.3 Å². The van der Waals surface area contributed by atoms with E-state index in [1.165, 1.54) is 0 Å². The average molecular weight is 340 g/mol. The number of hydrogen-bond acceptors (Lipinski definition) is 3. The summed E-state index contributed by atoms with van der Waals surface area (Å²) >= 11 is 5.94. The maximum atomic E-state index is 12.2. The number of furan rings is 1. The number of para-hydroxylation sites is 2. The summed E-state index contributed by atoms with van der Waals surface area (Å²) in [5.74, 6) is 0.864. The van der Waals surface area contributed by atoms with Gasteiger partial charge in [0.1, 0.15) is 11.4 Å². The van der Waals surface area contributed by atoms with Crippen molar-refractivity contribution in [2.24, 2.45) is 0 Å². The normalized spacial score (nSPS) is 11.2. The highest BCUT2D eigenvalue weighted by atomic mass is 35.5. The number of aromatic nitrogens is 2. The molecule has 0 saturated carbocycles. The number of benzene rings is 2. The summed E-state index contributed by atoms with van der Waals surface area (Å²) in [5, 5.41) is 4.26. The van der Waals surface area contributed by atoms with E-state index in [0.717, 1.165) is 22.2 Å². The molecule has 0 aliphatic rings. The van der Waals surface area contributed by atoms with Crippen molar-refractivity contribution in [3.8, 4) is 0 Å². The van der Waals surface area contributed by atoms with Crippen LogP contribution < -0.4 is 5.32 Å². The van der Waals surface area contributed by atoms with Crippen molar-refractivity contribution < 1.29 is 9.21 Å². The lowest BCUT2D eigenvalue weighted by Gasteiger charge is -2.00. The molecule has 2 aromatic carbocycles. The van der Waals surface area contributed by atoms with Crippen molar-refractivity contribution in [1.82, 2.24) is 15.3 Å². The molecule has 4 rings (SSSR count). The molecule has 0 aliphatic carbocycles. The second-order valence-electron chi connectivity index (χ2n) is 5.50. The van der Waals surface area contributed by atoms with Gasteiger partial charge in [-0.25, -0.2) is 4.98 Å². The smallest absolute Gasteiger partial charge is 0.287 e. The number of carbonyl (C=O) groups excluding carboxylic acids is 1. The van der Waals surface area contributed by atoms with Crippen LogP contribution in [0.2, 0.25) is 5.02 Å². The molecular formula is C18H14ClN3O2. The first-order valence-corrected chi connectivity index (χ1v) is 7.98. The number of fused-ring (bicyclic) bond motifs is 2. The number of carbonyl (C=O) groups is 1. The molecule has 6 heteroatoms. The van der Waals surface area contributed by atoms with Gasteiger partial charge in [0, 0.05) is 23.4 Å². The predicted octanol–water partition coefficient (Wildman–Crippen LogP) is 3.94. The number of imidazole rings is 1. The molecule has 2 aromatic heterocycles. The molecule has 120 valence electrons. The van der Waals surface area contributed by atoms with Crippen LogP contribution in [-0.2, 0) is 6.42 Å². The van der Waals surface area contributed by atoms with E-state index in [9.17, 15) is 4.79 Å². The highest BCUT2D eigenvalue weighted by Crippen LogP contribution is 2.23. The third-order valence-corrected chi connectivity index (χ3v) is 4.02. The minimum absolute atomic E-state index is 0.251. The van der Waals surface area contributed by atoms with Crippen molar-refractivity contribution in [1.29, 1.82) is 0 Å². The Morgan fingerprint density at radius 2 is 2.08 bits per heavy atom.